The summed E-state index contributed by atoms with van der Waals surface area (Å²) in [7, 11) is 0. The molecule has 0 fully saturated rings. The molecule has 3 atom stereocenters. The molecule has 0 aromatic heterocycles. The smallest absolute Gasteiger partial charge is 0.314 e. The van der Waals surface area contributed by atoms with E-state index in [4.69, 9.17) is 0 Å². The first-order valence-corrected chi connectivity index (χ1v) is 10.5. The first-order valence-electron chi connectivity index (χ1n) is 10.5. The molecule has 4 heteroatoms. The summed E-state index contributed by atoms with van der Waals surface area (Å²) in [5.74, 6) is -0.868. The molecule has 3 nitrogen and oxygen atoms in total. The molecule has 0 spiro atoms. The summed E-state index contributed by atoms with van der Waals surface area (Å²) in [6.07, 6.45) is 11.9. The number of rotatable bonds is 14. The summed E-state index contributed by atoms with van der Waals surface area (Å²) in [5, 5.41) is 3.47. The van der Waals surface area contributed by atoms with Gasteiger partial charge >= 0.3 is 5.97 Å². The second-order valence-electron chi connectivity index (χ2n) is 7.44. The van der Waals surface area contributed by atoms with Gasteiger partial charge in [0.25, 0.3) is 0 Å². The van der Waals surface area contributed by atoms with E-state index >= 15 is 0 Å². The van der Waals surface area contributed by atoms with E-state index in [9.17, 15) is 9.32 Å². The van der Waals surface area contributed by atoms with Gasteiger partial charge in [-0.25, -0.2) is 4.79 Å². The Bertz CT molecular complexity index is 597. The zero-order valence-electron chi connectivity index (χ0n) is 17.6. The Kier molecular flexibility index (Phi) is 12.1. The number of allylic oxidation sites excluding steroid dienone is 3. The number of halogens is 1. The van der Waals surface area contributed by atoms with Crippen LogP contribution in [0, 0.1) is 5.92 Å². The van der Waals surface area contributed by atoms with Crippen LogP contribution in [0.2, 0.25) is 0 Å². The van der Waals surface area contributed by atoms with Gasteiger partial charge in [-0.15, -0.1) is 6.58 Å². The van der Waals surface area contributed by atoms with Gasteiger partial charge in [0.15, 0.2) is 0 Å². The summed E-state index contributed by atoms with van der Waals surface area (Å²) >= 11 is 0. The predicted octanol–water partition coefficient (Wildman–Crippen LogP) is 6.07. The molecule has 0 bridgehead atoms. The molecule has 1 aromatic carbocycles. The van der Waals surface area contributed by atoms with Crippen LogP contribution in [0.4, 0.5) is 4.53 Å². The molecule has 28 heavy (non-hydrogen) atoms. The first kappa shape index (κ1) is 24.1. The van der Waals surface area contributed by atoms with Crippen molar-refractivity contribution in [1.29, 1.82) is 0 Å². The van der Waals surface area contributed by atoms with Crippen LogP contribution in [0.25, 0.3) is 0 Å². The number of carbonyl (C=O) groups is 1. The van der Waals surface area contributed by atoms with Crippen molar-refractivity contribution in [2.45, 2.75) is 71.3 Å². The molecular formula is C24H36FNO2. The molecule has 0 saturated heterocycles. The SMILES string of the molecule is C=CCCC(/C=C\CC)c1ccc(CC(C[C@@H](C)C(=O)OF)NCCC)cc1. The Labute approximate surface area is 170 Å². The van der Waals surface area contributed by atoms with Crippen LogP contribution in [0.3, 0.4) is 0 Å². The van der Waals surface area contributed by atoms with Crippen LogP contribution in [0.5, 0.6) is 0 Å². The van der Waals surface area contributed by atoms with E-state index in [0.717, 1.165) is 38.6 Å². The maximum atomic E-state index is 12.2. The summed E-state index contributed by atoms with van der Waals surface area (Å²) in [4.78, 5) is 14.8. The van der Waals surface area contributed by atoms with Crippen LogP contribution >= 0.6 is 0 Å². The Morgan fingerprint density at radius 3 is 2.57 bits per heavy atom. The number of hydrogen-bond donors (Lipinski definition) is 1. The molecule has 1 rings (SSSR count). The third-order valence-electron chi connectivity index (χ3n) is 4.98. The first-order chi connectivity index (χ1) is 13.5. The maximum absolute atomic E-state index is 12.2. The lowest BCUT2D eigenvalue weighted by Crippen LogP contribution is -2.35. The van der Waals surface area contributed by atoms with Crippen molar-refractivity contribution < 1.29 is 14.3 Å². The fraction of sp³-hybridized carbons (Fsp3) is 0.542. The lowest BCUT2D eigenvalue weighted by atomic mass is 9.91. The average Bonchev–Trinajstić information content (AvgIpc) is 2.72. The van der Waals surface area contributed by atoms with E-state index in [0.29, 0.717) is 12.3 Å². The lowest BCUT2D eigenvalue weighted by Gasteiger charge is -2.21. The summed E-state index contributed by atoms with van der Waals surface area (Å²) in [6, 6.07) is 8.82. The molecular weight excluding hydrogens is 353 g/mol. The Morgan fingerprint density at radius 1 is 1.29 bits per heavy atom. The van der Waals surface area contributed by atoms with Crippen LogP contribution in [0.15, 0.2) is 49.1 Å². The minimum atomic E-state index is -0.800. The van der Waals surface area contributed by atoms with Gasteiger partial charge in [0, 0.05) is 16.5 Å². The van der Waals surface area contributed by atoms with Gasteiger partial charge in [-0.1, -0.05) is 63.3 Å². The molecule has 0 aliphatic heterocycles. The van der Waals surface area contributed by atoms with Crippen molar-refractivity contribution in [3.05, 3.63) is 60.2 Å². The highest BCUT2D eigenvalue weighted by atomic mass is 19.3. The molecule has 0 aliphatic rings. The number of nitrogens with one attached hydrogen (secondary N) is 1. The third kappa shape index (κ3) is 8.83. The summed E-state index contributed by atoms with van der Waals surface area (Å²) < 4.78 is 12.2. The second kappa shape index (κ2) is 14.1. The molecule has 0 radical (unpaired) electrons. The van der Waals surface area contributed by atoms with E-state index in [1.54, 1.807) is 6.92 Å². The van der Waals surface area contributed by atoms with Crippen LogP contribution in [-0.4, -0.2) is 18.6 Å². The Hall–Kier alpha value is -1.94. The Balaban J connectivity index is 2.82. The fourth-order valence-electron chi connectivity index (χ4n) is 3.34. The molecule has 0 saturated carbocycles. The van der Waals surface area contributed by atoms with Gasteiger partial charge in [-0.2, -0.15) is 0 Å². The highest BCUT2D eigenvalue weighted by Gasteiger charge is 2.21. The van der Waals surface area contributed by atoms with Gasteiger partial charge < -0.3 is 5.32 Å². The lowest BCUT2D eigenvalue weighted by molar-refractivity contribution is -0.188. The van der Waals surface area contributed by atoms with Crippen molar-refractivity contribution >= 4 is 5.97 Å². The average molecular weight is 390 g/mol. The van der Waals surface area contributed by atoms with E-state index in [2.05, 4.69) is 67.1 Å². The summed E-state index contributed by atoms with van der Waals surface area (Å²) in [5.41, 5.74) is 2.52. The van der Waals surface area contributed by atoms with Crippen molar-refractivity contribution in [2.24, 2.45) is 5.92 Å². The highest BCUT2D eigenvalue weighted by Crippen LogP contribution is 2.24. The molecule has 0 heterocycles. The number of benzene rings is 1. The maximum Gasteiger partial charge on any atom is 0.351 e. The molecule has 0 amide bonds. The van der Waals surface area contributed by atoms with Crippen LogP contribution in [0.1, 0.15) is 69.9 Å². The van der Waals surface area contributed by atoms with Crippen LogP contribution in [-0.2, 0) is 16.2 Å². The van der Waals surface area contributed by atoms with Crippen molar-refractivity contribution in [2.75, 3.05) is 6.54 Å². The van der Waals surface area contributed by atoms with Gasteiger partial charge in [0.05, 0.1) is 5.92 Å². The number of carbonyl (C=O) groups excluding carboxylic acids is 1. The van der Waals surface area contributed by atoms with E-state index in [1.807, 2.05) is 6.08 Å². The molecule has 2 unspecified atom stereocenters. The topological polar surface area (TPSA) is 38.3 Å². The normalized spacial score (nSPS) is 14.6. The summed E-state index contributed by atoms with van der Waals surface area (Å²) in [6.45, 7) is 10.7. The van der Waals surface area contributed by atoms with E-state index < -0.39 is 11.9 Å². The Morgan fingerprint density at radius 2 is 2.00 bits per heavy atom. The molecule has 1 aromatic rings. The number of hydrogen-bond acceptors (Lipinski definition) is 3. The zero-order valence-corrected chi connectivity index (χ0v) is 17.6. The fourth-order valence-corrected chi connectivity index (χ4v) is 3.34. The van der Waals surface area contributed by atoms with E-state index in [1.165, 1.54) is 11.1 Å². The van der Waals surface area contributed by atoms with E-state index in [-0.39, 0.29) is 6.04 Å². The van der Waals surface area contributed by atoms with Gasteiger partial charge in [-0.05, 0) is 56.2 Å². The third-order valence-corrected chi connectivity index (χ3v) is 4.98. The monoisotopic (exact) mass is 389 g/mol. The highest BCUT2D eigenvalue weighted by molar-refractivity contribution is 5.71. The molecule has 1 N–H and O–H groups in total. The van der Waals surface area contributed by atoms with Crippen molar-refractivity contribution in [1.82, 2.24) is 5.32 Å². The minimum Gasteiger partial charge on any atom is -0.314 e. The zero-order chi connectivity index (χ0) is 20.8. The molecule has 0 aliphatic carbocycles. The quantitative estimate of drug-likeness (QED) is 0.393. The largest absolute Gasteiger partial charge is 0.351 e. The van der Waals surface area contributed by atoms with Gasteiger partial charge in [0.2, 0.25) is 0 Å². The predicted molar refractivity (Wildman–Crippen MR) is 115 cm³/mol. The second-order valence-corrected chi connectivity index (χ2v) is 7.44. The standard InChI is InChI=1S/C24H36FNO2/c1-5-8-10-21(11-9-6-2)22-14-12-20(13-15-22)18-23(26-16-7-3)17-19(4)24(27)28-25/h5,9,11-15,19,21,23,26H,1,6-8,10,16-18H2,2-4H3/b11-9-/t19-,21?,23?/m1/s1. The molecule has 156 valence electrons. The van der Waals surface area contributed by atoms with Crippen molar-refractivity contribution in [3.8, 4) is 0 Å². The van der Waals surface area contributed by atoms with Crippen molar-refractivity contribution in [3.63, 3.8) is 0 Å². The van der Waals surface area contributed by atoms with Crippen LogP contribution < -0.4 is 5.32 Å². The van der Waals surface area contributed by atoms with Gasteiger partial charge in [0.1, 0.15) is 0 Å². The minimum absolute atomic E-state index is 0.108. The van der Waals surface area contributed by atoms with Gasteiger partial charge in [-0.3, -0.25) is 4.94 Å².